The number of carbonyl (C=O) groups excluding carboxylic acids is 1. The van der Waals surface area contributed by atoms with Crippen molar-refractivity contribution in [2.45, 2.75) is 46.1 Å². The normalized spacial score (nSPS) is 13.1. The molecule has 0 saturated carbocycles. The number of aromatic nitrogens is 4. The fourth-order valence-electron chi connectivity index (χ4n) is 2.14. The van der Waals surface area contributed by atoms with Gasteiger partial charge in [0.15, 0.2) is 5.69 Å². The van der Waals surface area contributed by atoms with Gasteiger partial charge in [0.1, 0.15) is 6.54 Å². The second-order valence-corrected chi connectivity index (χ2v) is 5.67. The van der Waals surface area contributed by atoms with E-state index in [2.05, 4.69) is 15.5 Å². The second-order valence-electron chi connectivity index (χ2n) is 5.29. The highest BCUT2D eigenvalue weighted by atomic mass is 35.5. The highest BCUT2D eigenvalue weighted by Gasteiger charge is 2.38. The Bertz CT molecular complexity index is 737. The molecular formula is C14H17ClF3N5O. The van der Waals surface area contributed by atoms with Gasteiger partial charge >= 0.3 is 6.18 Å². The lowest BCUT2D eigenvalue weighted by molar-refractivity contribution is -0.141. The minimum atomic E-state index is -4.66. The van der Waals surface area contributed by atoms with Crippen molar-refractivity contribution in [3.05, 3.63) is 34.4 Å². The summed E-state index contributed by atoms with van der Waals surface area (Å²) in [6, 6.07) is 1.39. The van der Waals surface area contributed by atoms with E-state index in [0.717, 1.165) is 4.68 Å². The van der Waals surface area contributed by atoms with E-state index in [9.17, 15) is 18.0 Å². The van der Waals surface area contributed by atoms with Crippen molar-refractivity contribution in [1.82, 2.24) is 24.9 Å². The average molecular weight is 364 g/mol. The molecule has 132 valence electrons. The van der Waals surface area contributed by atoms with Crippen molar-refractivity contribution in [1.29, 1.82) is 0 Å². The second kappa shape index (κ2) is 6.84. The number of hydrogen-bond acceptors (Lipinski definition) is 3. The number of alkyl halides is 3. The number of amides is 1. The maximum Gasteiger partial charge on any atom is 0.436 e. The van der Waals surface area contributed by atoms with E-state index < -0.39 is 22.8 Å². The molecule has 0 fully saturated rings. The van der Waals surface area contributed by atoms with Gasteiger partial charge in [-0.05, 0) is 26.8 Å². The first-order valence-corrected chi connectivity index (χ1v) is 7.64. The van der Waals surface area contributed by atoms with Gasteiger partial charge in [-0.15, -0.1) is 0 Å². The van der Waals surface area contributed by atoms with Gasteiger partial charge in [-0.1, -0.05) is 11.6 Å². The summed E-state index contributed by atoms with van der Waals surface area (Å²) in [4.78, 5) is 12.1. The van der Waals surface area contributed by atoms with Gasteiger partial charge in [-0.2, -0.15) is 23.4 Å². The predicted molar refractivity (Wildman–Crippen MR) is 81.4 cm³/mol. The Morgan fingerprint density at radius 3 is 2.58 bits per heavy atom. The number of aryl methyl sites for hydroxylation is 1. The van der Waals surface area contributed by atoms with Gasteiger partial charge in [-0.3, -0.25) is 14.2 Å². The Labute approximate surface area is 141 Å². The van der Waals surface area contributed by atoms with E-state index in [-0.39, 0.29) is 18.3 Å². The molecule has 0 bridgehead atoms. The van der Waals surface area contributed by atoms with Gasteiger partial charge in [0.2, 0.25) is 5.91 Å². The van der Waals surface area contributed by atoms with Gasteiger partial charge < -0.3 is 5.32 Å². The predicted octanol–water partition coefficient (Wildman–Crippen LogP) is 2.96. The molecule has 0 aromatic carbocycles. The molecule has 0 aliphatic heterocycles. The number of hydrogen-bond donors (Lipinski definition) is 1. The van der Waals surface area contributed by atoms with Gasteiger partial charge in [-0.25, -0.2) is 0 Å². The van der Waals surface area contributed by atoms with Crippen LogP contribution < -0.4 is 5.32 Å². The summed E-state index contributed by atoms with van der Waals surface area (Å²) in [6.45, 7) is 5.39. The summed E-state index contributed by atoms with van der Waals surface area (Å²) in [6.07, 6.45) is -2.88. The zero-order valence-corrected chi connectivity index (χ0v) is 14.1. The lowest BCUT2D eigenvalue weighted by Gasteiger charge is -2.12. The summed E-state index contributed by atoms with van der Waals surface area (Å²) in [5.41, 5.74) is -0.442. The molecule has 1 atom stereocenters. The van der Waals surface area contributed by atoms with Crippen LogP contribution in [0.2, 0.25) is 5.02 Å². The number of nitrogens with zero attached hydrogens (tertiary/aromatic N) is 4. The first kappa shape index (κ1) is 18.3. The van der Waals surface area contributed by atoms with Crippen molar-refractivity contribution in [2.24, 2.45) is 0 Å². The molecule has 0 spiro atoms. The fraction of sp³-hybridized carbons (Fsp3) is 0.500. The minimum absolute atomic E-state index is 0.0852. The number of carbonyl (C=O) groups is 1. The third kappa shape index (κ3) is 3.89. The van der Waals surface area contributed by atoms with Crippen LogP contribution in [0.3, 0.4) is 0 Å². The van der Waals surface area contributed by atoms with Crippen molar-refractivity contribution in [2.75, 3.05) is 0 Å². The first-order chi connectivity index (χ1) is 11.1. The summed E-state index contributed by atoms with van der Waals surface area (Å²) in [7, 11) is 0. The quantitative estimate of drug-likeness (QED) is 0.888. The van der Waals surface area contributed by atoms with E-state index in [1.54, 1.807) is 23.9 Å². The third-order valence-electron chi connectivity index (χ3n) is 3.50. The number of rotatable bonds is 5. The van der Waals surface area contributed by atoms with Crippen LogP contribution >= 0.6 is 11.6 Å². The van der Waals surface area contributed by atoms with E-state index in [1.165, 1.54) is 6.92 Å². The average Bonchev–Trinajstić information content (AvgIpc) is 3.07. The molecule has 0 radical (unpaired) electrons. The Balaban J connectivity index is 2.07. The first-order valence-electron chi connectivity index (χ1n) is 7.26. The van der Waals surface area contributed by atoms with Crippen molar-refractivity contribution < 1.29 is 18.0 Å². The van der Waals surface area contributed by atoms with Gasteiger partial charge in [0.05, 0.1) is 22.5 Å². The third-order valence-corrected chi connectivity index (χ3v) is 3.95. The molecule has 1 unspecified atom stereocenters. The molecule has 2 heterocycles. The highest BCUT2D eigenvalue weighted by Crippen LogP contribution is 2.35. The van der Waals surface area contributed by atoms with Crippen LogP contribution in [-0.4, -0.2) is 25.5 Å². The van der Waals surface area contributed by atoms with Crippen LogP contribution in [0, 0.1) is 6.92 Å². The maximum absolute atomic E-state index is 12.8. The molecule has 24 heavy (non-hydrogen) atoms. The fourth-order valence-corrected chi connectivity index (χ4v) is 2.38. The van der Waals surface area contributed by atoms with Crippen molar-refractivity contribution in [3.8, 4) is 0 Å². The molecular weight excluding hydrogens is 347 g/mol. The van der Waals surface area contributed by atoms with Gasteiger partial charge in [0.25, 0.3) is 0 Å². The van der Waals surface area contributed by atoms with E-state index in [0.29, 0.717) is 12.2 Å². The zero-order chi connectivity index (χ0) is 18.1. The Hall–Kier alpha value is -2.03. The van der Waals surface area contributed by atoms with Gasteiger partial charge in [0, 0.05) is 12.7 Å². The van der Waals surface area contributed by atoms with E-state index in [4.69, 9.17) is 11.6 Å². The molecule has 2 aromatic heterocycles. The van der Waals surface area contributed by atoms with E-state index in [1.807, 2.05) is 6.92 Å². The molecule has 6 nitrogen and oxygen atoms in total. The van der Waals surface area contributed by atoms with Crippen LogP contribution in [-0.2, 0) is 24.1 Å². The number of nitrogens with one attached hydrogen (secondary N) is 1. The van der Waals surface area contributed by atoms with Crippen LogP contribution in [0.1, 0.15) is 37.0 Å². The smallest absolute Gasteiger partial charge is 0.346 e. The Kier molecular flexibility index (Phi) is 5.22. The van der Waals surface area contributed by atoms with Crippen LogP contribution in [0.4, 0.5) is 13.2 Å². The molecule has 0 aliphatic carbocycles. The summed E-state index contributed by atoms with van der Waals surface area (Å²) in [5, 5.41) is 9.85. The molecule has 1 amide bonds. The SMILES string of the molecule is CCn1ccc(C(C)NC(=O)Cn2nc(C(F)(F)F)c(Cl)c2C)n1. The molecule has 0 saturated heterocycles. The van der Waals surface area contributed by atoms with Crippen LogP contribution in [0.25, 0.3) is 0 Å². The van der Waals surface area contributed by atoms with Crippen LogP contribution in [0.15, 0.2) is 12.3 Å². The summed E-state index contributed by atoms with van der Waals surface area (Å²) in [5.74, 6) is -0.482. The van der Waals surface area contributed by atoms with E-state index >= 15 is 0 Å². The monoisotopic (exact) mass is 363 g/mol. The standard InChI is InChI=1S/C14H17ClF3N5O/c1-4-22-6-5-10(20-22)8(2)19-11(24)7-23-9(3)12(15)13(21-23)14(16,17)18/h5-6,8H,4,7H2,1-3H3,(H,19,24). The Morgan fingerprint density at radius 1 is 1.42 bits per heavy atom. The minimum Gasteiger partial charge on any atom is -0.346 e. The molecule has 1 N–H and O–H groups in total. The topological polar surface area (TPSA) is 64.7 Å². The summed E-state index contributed by atoms with van der Waals surface area (Å²) >= 11 is 5.65. The van der Waals surface area contributed by atoms with Crippen molar-refractivity contribution >= 4 is 17.5 Å². The largest absolute Gasteiger partial charge is 0.436 e. The molecule has 0 aliphatic rings. The van der Waals surface area contributed by atoms with Crippen LogP contribution in [0.5, 0.6) is 0 Å². The lowest BCUT2D eigenvalue weighted by atomic mass is 10.2. The number of halogens is 4. The highest BCUT2D eigenvalue weighted by molar-refractivity contribution is 6.32. The zero-order valence-electron chi connectivity index (χ0n) is 13.4. The lowest BCUT2D eigenvalue weighted by Crippen LogP contribution is -2.31. The molecule has 2 aromatic rings. The van der Waals surface area contributed by atoms with Crippen molar-refractivity contribution in [3.63, 3.8) is 0 Å². The summed E-state index contributed by atoms with van der Waals surface area (Å²) < 4.78 is 41.0. The molecule has 10 heteroatoms. The maximum atomic E-state index is 12.8. The molecule has 2 rings (SSSR count). The Morgan fingerprint density at radius 2 is 2.08 bits per heavy atom.